The minimum absolute atomic E-state index is 0.0286. The number of amides is 2. The fourth-order valence-electron chi connectivity index (χ4n) is 2.20. The van der Waals surface area contributed by atoms with Crippen LogP contribution in [0.4, 0.5) is 4.79 Å². The van der Waals surface area contributed by atoms with Gasteiger partial charge in [0.2, 0.25) is 0 Å². The summed E-state index contributed by atoms with van der Waals surface area (Å²) in [5.74, 6) is 0.368. The van der Waals surface area contributed by atoms with Crippen molar-refractivity contribution in [2.45, 2.75) is 25.8 Å². The number of carboxylic acids is 1. The minimum atomic E-state index is -0.878. The second kappa shape index (κ2) is 10.1. The quantitative estimate of drug-likeness (QED) is 0.449. The zero-order valence-corrected chi connectivity index (χ0v) is 14.1. The Labute approximate surface area is 141 Å². The number of carboxylic acid groups (broad SMARTS) is 1. The van der Waals surface area contributed by atoms with Gasteiger partial charge >= 0.3 is 12.0 Å². The fraction of sp³-hybridized carbons (Fsp3) is 0.412. The molecule has 0 aromatic heterocycles. The summed E-state index contributed by atoms with van der Waals surface area (Å²) < 4.78 is 10.7. The van der Waals surface area contributed by atoms with Crippen molar-refractivity contribution in [1.82, 2.24) is 10.6 Å². The van der Waals surface area contributed by atoms with Crippen molar-refractivity contribution in [3.05, 3.63) is 35.9 Å². The van der Waals surface area contributed by atoms with E-state index in [4.69, 9.17) is 14.6 Å². The summed E-state index contributed by atoms with van der Waals surface area (Å²) in [5.41, 5.74) is 1.79. The first-order valence-electron chi connectivity index (χ1n) is 7.60. The van der Waals surface area contributed by atoms with E-state index in [1.165, 1.54) is 0 Å². The molecule has 7 heteroatoms. The van der Waals surface area contributed by atoms with Crippen molar-refractivity contribution in [3.8, 4) is 11.5 Å². The molecule has 0 saturated heterocycles. The van der Waals surface area contributed by atoms with Crippen LogP contribution in [0, 0.1) is 0 Å². The molecule has 0 bridgehead atoms. The maximum absolute atomic E-state index is 11.7. The summed E-state index contributed by atoms with van der Waals surface area (Å²) in [6.07, 6.45) is 2.81. The zero-order valence-electron chi connectivity index (χ0n) is 14.1. The van der Waals surface area contributed by atoms with Crippen LogP contribution in [-0.2, 0) is 17.8 Å². The molecule has 0 spiro atoms. The number of nitrogens with one attached hydrogen (secondary N) is 2. The van der Waals surface area contributed by atoms with Crippen molar-refractivity contribution in [2.24, 2.45) is 0 Å². The molecule has 0 aliphatic heterocycles. The van der Waals surface area contributed by atoms with Gasteiger partial charge in [0.15, 0.2) is 11.5 Å². The van der Waals surface area contributed by atoms with Gasteiger partial charge in [-0.15, -0.1) is 6.58 Å². The topological polar surface area (TPSA) is 96.9 Å². The van der Waals surface area contributed by atoms with Gasteiger partial charge in [-0.05, 0) is 30.5 Å². The lowest BCUT2D eigenvalue weighted by atomic mass is 10.1. The van der Waals surface area contributed by atoms with Crippen LogP contribution in [0.3, 0.4) is 0 Å². The van der Waals surface area contributed by atoms with E-state index in [2.05, 4.69) is 17.2 Å². The van der Waals surface area contributed by atoms with Crippen molar-refractivity contribution < 1.29 is 24.2 Å². The monoisotopic (exact) mass is 336 g/mol. The molecule has 0 aliphatic carbocycles. The molecule has 3 N–H and O–H groups in total. The number of aliphatic carboxylic acids is 1. The van der Waals surface area contributed by atoms with Crippen LogP contribution >= 0.6 is 0 Å². The number of ether oxygens (including phenoxy) is 2. The number of hydrogen-bond acceptors (Lipinski definition) is 4. The highest BCUT2D eigenvalue weighted by atomic mass is 16.5. The lowest BCUT2D eigenvalue weighted by Crippen LogP contribution is -2.35. The number of benzene rings is 1. The Morgan fingerprint density at radius 2 is 2.00 bits per heavy atom. The predicted molar refractivity (Wildman–Crippen MR) is 90.6 cm³/mol. The number of methoxy groups -OCH3 is 2. The molecule has 0 unspecified atom stereocenters. The Morgan fingerprint density at radius 3 is 2.58 bits per heavy atom. The number of allylic oxidation sites excluding steroid dienone is 1. The van der Waals surface area contributed by atoms with E-state index in [0.717, 1.165) is 11.1 Å². The minimum Gasteiger partial charge on any atom is -0.493 e. The Kier molecular flexibility index (Phi) is 8.18. The van der Waals surface area contributed by atoms with Crippen molar-refractivity contribution >= 4 is 12.0 Å². The van der Waals surface area contributed by atoms with E-state index in [0.29, 0.717) is 37.4 Å². The molecule has 2 amide bonds. The van der Waals surface area contributed by atoms with Crippen molar-refractivity contribution in [3.63, 3.8) is 0 Å². The maximum atomic E-state index is 11.7. The molecule has 1 rings (SSSR count). The standard InChI is InChI=1S/C17H24N2O5/c1-4-6-13-9-12(10-14(23-2)16(13)24-3)11-19-17(22)18-8-5-7-15(20)21/h4,9-10H,1,5-8,11H2,2-3H3,(H,20,21)(H2,18,19,22). The molecule has 0 radical (unpaired) electrons. The molecule has 0 fully saturated rings. The second-order valence-corrected chi connectivity index (χ2v) is 5.09. The van der Waals surface area contributed by atoms with Crippen molar-refractivity contribution in [2.75, 3.05) is 20.8 Å². The van der Waals surface area contributed by atoms with Gasteiger partial charge in [-0.2, -0.15) is 0 Å². The van der Waals surface area contributed by atoms with Gasteiger partial charge in [-0.25, -0.2) is 4.79 Å². The largest absolute Gasteiger partial charge is 0.493 e. The number of carbonyl (C=O) groups excluding carboxylic acids is 1. The Morgan fingerprint density at radius 1 is 1.25 bits per heavy atom. The summed E-state index contributed by atoms with van der Waals surface area (Å²) in [6.45, 7) is 4.35. The van der Waals surface area contributed by atoms with E-state index >= 15 is 0 Å². The van der Waals surface area contributed by atoms with Gasteiger partial charge < -0.3 is 25.2 Å². The van der Waals surface area contributed by atoms with Gasteiger partial charge in [0.05, 0.1) is 14.2 Å². The summed E-state index contributed by atoms with van der Waals surface area (Å²) in [5, 5.41) is 13.9. The van der Waals surface area contributed by atoms with Gasteiger partial charge in [-0.1, -0.05) is 6.08 Å². The average Bonchev–Trinajstić information content (AvgIpc) is 2.56. The zero-order chi connectivity index (χ0) is 17.9. The summed E-state index contributed by atoms with van der Waals surface area (Å²) >= 11 is 0. The number of carbonyl (C=O) groups is 2. The molecule has 7 nitrogen and oxygen atoms in total. The fourth-order valence-corrected chi connectivity index (χ4v) is 2.20. The third kappa shape index (κ3) is 6.20. The molecule has 0 atom stereocenters. The molecule has 0 aliphatic rings. The van der Waals surface area contributed by atoms with E-state index in [1.807, 2.05) is 6.07 Å². The Hall–Kier alpha value is -2.70. The van der Waals surface area contributed by atoms with Gasteiger partial charge in [0.1, 0.15) is 0 Å². The van der Waals surface area contributed by atoms with Gasteiger partial charge in [0.25, 0.3) is 0 Å². The number of rotatable bonds is 10. The van der Waals surface area contributed by atoms with E-state index in [1.54, 1.807) is 26.4 Å². The molecule has 1 aromatic carbocycles. The molecule has 1 aromatic rings. The van der Waals surface area contributed by atoms with E-state index in [9.17, 15) is 9.59 Å². The van der Waals surface area contributed by atoms with Crippen LogP contribution in [-0.4, -0.2) is 37.9 Å². The third-order valence-corrected chi connectivity index (χ3v) is 3.29. The number of urea groups is 1. The normalized spacial score (nSPS) is 9.92. The summed E-state index contributed by atoms with van der Waals surface area (Å²) in [4.78, 5) is 22.1. The first-order chi connectivity index (χ1) is 11.5. The summed E-state index contributed by atoms with van der Waals surface area (Å²) in [6, 6.07) is 3.38. The predicted octanol–water partition coefficient (Wildman–Crippen LogP) is 2.10. The Balaban J connectivity index is 2.63. The van der Waals surface area contributed by atoms with Crippen molar-refractivity contribution in [1.29, 1.82) is 0 Å². The number of hydrogen-bond donors (Lipinski definition) is 3. The first kappa shape index (κ1) is 19.3. The molecule has 24 heavy (non-hydrogen) atoms. The highest BCUT2D eigenvalue weighted by Gasteiger charge is 2.12. The molecule has 132 valence electrons. The SMILES string of the molecule is C=CCc1cc(CNC(=O)NCCCC(=O)O)cc(OC)c1OC. The Bertz CT molecular complexity index is 587. The highest BCUT2D eigenvalue weighted by molar-refractivity contribution is 5.74. The summed E-state index contributed by atoms with van der Waals surface area (Å²) in [7, 11) is 3.13. The van der Waals surface area contributed by atoms with Gasteiger partial charge in [-0.3, -0.25) is 4.79 Å². The highest BCUT2D eigenvalue weighted by Crippen LogP contribution is 2.33. The molecular weight excluding hydrogens is 312 g/mol. The van der Waals surface area contributed by atoms with E-state index < -0.39 is 5.97 Å². The second-order valence-electron chi connectivity index (χ2n) is 5.09. The third-order valence-electron chi connectivity index (χ3n) is 3.29. The van der Waals surface area contributed by atoms with Crippen LogP contribution in [0.1, 0.15) is 24.0 Å². The van der Waals surface area contributed by atoms with Crippen LogP contribution < -0.4 is 20.1 Å². The average molecular weight is 336 g/mol. The van der Waals surface area contributed by atoms with Crippen LogP contribution in [0.15, 0.2) is 24.8 Å². The molecular formula is C17H24N2O5. The van der Waals surface area contributed by atoms with Crippen LogP contribution in [0.25, 0.3) is 0 Å². The lowest BCUT2D eigenvalue weighted by molar-refractivity contribution is -0.137. The molecule has 0 heterocycles. The molecule has 0 saturated carbocycles. The smallest absolute Gasteiger partial charge is 0.315 e. The van der Waals surface area contributed by atoms with E-state index in [-0.39, 0.29) is 12.5 Å². The lowest BCUT2D eigenvalue weighted by Gasteiger charge is -2.15. The first-order valence-corrected chi connectivity index (χ1v) is 7.60. The van der Waals surface area contributed by atoms with Gasteiger partial charge in [0, 0.05) is 25.1 Å². The maximum Gasteiger partial charge on any atom is 0.315 e. The van der Waals surface area contributed by atoms with Crippen LogP contribution in [0.5, 0.6) is 11.5 Å². The van der Waals surface area contributed by atoms with Crippen LogP contribution in [0.2, 0.25) is 0 Å².